The van der Waals surface area contributed by atoms with Gasteiger partial charge in [0.25, 0.3) is 5.91 Å². The number of carbonyl (C=O) groups excluding carboxylic acids is 2. The first-order valence-corrected chi connectivity index (χ1v) is 8.87. The molecule has 2 aromatic rings. The summed E-state index contributed by atoms with van der Waals surface area (Å²) in [7, 11) is 0. The van der Waals surface area contributed by atoms with Crippen LogP contribution in [0, 0.1) is 5.92 Å². The summed E-state index contributed by atoms with van der Waals surface area (Å²) in [5.74, 6) is 0.497. The summed E-state index contributed by atoms with van der Waals surface area (Å²) in [5.41, 5.74) is 8.90. The minimum Gasteiger partial charge on any atom is -0.352 e. The van der Waals surface area contributed by atoms with Crippen molar-refractivity contribution >= 4 is 11.9 Å². The fourth-order valence-electron chi connectivity index (χ4n) is 2.74. The van der Waals surface area contributed by atoms with Crippen molar-refractivity contribution in [3.05, 3.63) is 70.8 Å². The molecule has 26 heavy (non-hydrogen) atoms. The highest BCUT2D eigenvalue weighted by atomic mass is 16.2. The van der Waals surface area contributed by atoms with E-state index >= 15 is 0 Å². The standard InChI is InChI=1S/C21H27N3O2/c1-14(2)12-16-4-8-18(9-5-16)15(3)24-20(25)19-10-6-17(7-11-19)13-23-21(22)26/h4-11,14-15H,12-13H2,1-3H3,(H,24,25)(H3,22,23,26)/t15-/m0/s1. The Morgan fingerprint density at radius 1 is 0.923 bits per heavy atom. The molecule has 0 heterocycles. The van der Waals surface area contributed by atoms with E-state index in [0.29, 0.717) is 18.0 Å². The summed E-state index contributed by atoms with van der Waals surface area (Å²) in [4.78, 5) is 23.1. The lowest BCUT2D eigenvalue weighted by Gasteiger charge is -2.15. The van der Waals surface area contributed by atoms with Crippen molar-refractivity contribution in [2.45, 2.75) is 39.8 Å². The number of nitrogens with two attached hydrogens (primary N) is 1. The van der Waals surface area contributed by atoms with E-state index in [1.54, 1.807) is 24.3 Å². The molecule has 138 valence electrons. The molecule has 0 aliphatic heterocycles. The third kappa shape index (κ3) is 5.92. The number of hydrogen-bond acceptors (Lipinski definition) is 2. The average Bonchev–Trinajstić information content (AvgIpc) is 2.60. The molecule has 3 amide bonds. The zero-order valence-corrected chi connectivity index (χ0v) is 15.6. The number of benzene rings is 2. The quantitative estimate of drug-likeness (QED) is 0.711. The van der Waals surface area contributed by atoms with Gasteiger partial charge in [-0.15, -0.1) is 0 Å². The Kier molecular flexibility index (Phi) is 6.78. The summed E-state index contributed by atoms with van der Waals surface area (Å²) >= 11 is 0. The second kappa shape index (κ2) is 9.04. The van der Waals surface area contributed by atoms with Crippen LogP contribution in [0.4, 0.5) is 4.79 Å². The first-order chi connectivity index (χ1) is 12.3. The number of rotatable bonds is 7. The van der Waals surface area contributed by atoms with Crippen LogP contribution in [-0.4, -0.2) is 11.9 Å². The predicted molar refractivity (Wildman–Crippen MR) is 104 cm³/mol. The van der Waals surface area contributed by atoms with Crippen molar-refractivity contribution in [1.29, 1.82) is 0 Å². The molecule has 1 atom stereocenters. The minimum absolute atomic E-state index is 0.0770. The maximum absolute atomic E-state index is 12.4. The summed E-state index contributed by atoms with van der Waals surface area (Å²) in [6, 6.07) is 14.8. The zero-order valence-electron chi connectivity index (χ0n) is 15.6. The maximum Gasteiger partial charge on any atom is 0.312 e. The molecule has 0 bridgehead atoms. The van der Waals surface area contributed by atoms with Gasteiger partial charge in [0.15, 0.2) is 0 Å². The van der Waals surface area contributed by atoms with E-state index in [1.807, 2.05) is 6.92 Å². The molecule has 0 unspecified atom stereocenters. The van der Waals surface area contributed by atoms with Crippen molar-refractivity contribution in [1.82, 2.24) is 10.6 Å². The van der Waals surface area contributed by atoms with Crippen LogP contribution in [-0.2, 0) is 13.0 Å². The number of nitrogens with one attached hydrogen (secondary N) is 2. The molecule has 0 spiro atoms. The molecule has 5 nitrogen and oxygen atoms in total. The lowest BCUT2D eigenvalue weighted by atomic mass is 10.00. The van der Waals surface area contributed by atoms with Crippen LogP contribution in [0.15, 0.2) is 48.5 Å². The minimum atomic E-state index is -0.569. The van der Waals surface area contributed by atoms with Crippen LogP contribution in [0.1, 0.15) is 53.9 Å². The van der Waals surface area contributed by atoms with Crippen LogP contribution in [0.3, 0.4) is 0 Å². The highest BCUT2D eigenvalue weighted by Crippen LogP contribution is 2.16. The first kappa shape index (κ1) is 19.5. The molecule has 0 radical (unpaired) electrons. The van der Waals surface area contributed by atoms with Gasteiger partial charge in [-0.3, -0.25) is 4.79 Å². The molecule has 4 N–H and O–H groups in total. The normalized spacial score (nSPS) is 11.8. The Balaban J connectivity index is 1.94. The van der Waals surface area contributed by atoms with E-state index < -0.39 is 6.03 Å². The number of urea groups is 1. The topological polar surface area (TPSA) is 84.2 Å². The summed E-state index contributed by atoms with van der Waals surface area (Å²) < 4.78 is 0. The molecule has 0 aliphatic carbocycles. The van der Waals surface area contributed by atoms with E-state index in [0.717, 1.165) is 17.5 Å². The highest BCUT2D eigenvalue weighted by molar-refractivity contribution is 5.94. The average molecular weight is 353 g/mol. The third-order valence-corrected chi connectivity index (χ3v) is 4.15. The first-order valence-electron chi connectivity index (χ1n) is 8.87. The molecule has 2 aromatic carbocycles. The Hall–Kier alpha value is -2.82. The van der Waals surface area contributed by atoms with Crippen LogP contribution < -0.4 is 16.4 Å². The number of primary amides is 1. The van der Waals surface area contributed by atoms with Crippen molar-refractivity contribution in [3.63, 3.8) is 0 Å². The summed E-state index contributed by atoms with van der Waals surface area (Å²) in [6.07, 6.45) is 1.05. The van der Waals surface area contributed by atoms with Crippen molar-refractivity contribution in [2.24, 2.45) is 11.7 Å². The van der Waals surface area contributed by atoms with E-state index in [2.05, 4.69) is 48.7 Å². The van der Waals surface area contributed by atoms with Gasteiger partial charge in [0.05, 0.1) is 6.04 Å². The fraction of sp³-hybridized carbons (Fsp3) is 0.333. The molecule has 5 heteroatoms. The Labute approximate surface area is 155 Å². The highest BCUT2D eigenvalue weighted by Gasteiger charge is 2.11. The second-order valence-electron chi connectivity index (χ2n) is 6.95. The summed E-state index contributed by atoms with van der Waals surface area (Å²) in [5, 5.41) is 5.53. The van der Waals surface area contributed by atoms with Crippen LogP contribution >= 0.6 is 0 Å². The second-order valence-corrected chi connectivity index (χ2v) is 6.95. The molecule has 0 saturated carbocycles. The van der Waals surface area contributed by atoms with Gasteiger partial charge in [-0.25, -0.2) is 4.79 Å². The van der Waals surface area contributed by atoms with Crippen LogP contribution in [0.2, 0.25) is 0 Å². The molecule has 0 saturated heterocycles. The summed E-state index contributed by atoms with van der Waals surface area (Å²) in [6.45, 7) is 6.72. The largest absolute Gasteiger partial charge is 0.352 e. The fourth-order valence-corrected chi connectivity index (χ4v) is 2.74. The SMILES string of the molecule is CC(C)Cc1ccc([C@H](C)NC(=O)c2ccc(CNC(N)=O)cc2)cc1. The van der Waals surface area contributed by atoms with Crippen LogP contribution in [0.25, 0.3) is 0 Å². The van der Waals surface area contributed by atoms with Crippen molar-refractivity contribution in [2.75, 3.05) is 0 Å². The van der Waals surface area contributed by atoms with Gasteiger partial charge in [-0.2, -0.15) is 0 Å². The van der Waals surface area contributed by atoms with E-state index in [-0.39, 0.29) is 11.9 Å². The maximum atomic E-state index is 12.4. The molecule has 0 aromatic heterocycles. The van der Waals surface area contributed by atoms with Gasteiger partial charge in [0.2, 0.25) is 0 Å². The predicted octanol–water partition coefficient (Wildman–Crippen LogP) is 3.54. The van der Waals surface area contributed by atoms with Gasteiger partial charge in [0.1, 0.15) is 0 Å². The van der Waals surface area contributed by atoms with E-state index in [9.17, 15) is 9.59 Å². The van der Waals surface area contributed by atoms with Crippen molar-refractivity contribution in [3.8, 4) is 0 Å². The van der Waals surface area contributed by atoms with Gasteiger partial charge in [-0.05, 0) is 48.1 Å². The lowest BCUT2D eigenvalue weighted by Crippen LogP contribution is -2.28. The Bertz CT molecular complexity index is 737. The Morgan fingerprint density at radius 2 is 1.50 bits per heavy atom. The zero-order chi connectivity index (χ0) is 19.1. The number of hydrogen-bond donors (Lipinski definition) is 3. The molecule has 2 rings (SSSR count). The van der Waals surface area contributed by atoms with Gasteiger partial charge in [-0.1, -0.05) is 50.2 Å². The van der Waals surface area contributed by atoms with E-state index in [1.165, 1.54) is 5.56 Å². The monoisotopic (exact) mass is 353 g/mol. The lowest BCUT2D eigenvalue weighted by molar-refractivity contribution is 0.0940. The van der Waals surface area contributed by atoms with Gasteiger partial charge in [0, 0.05) is 12.1 Å². The van der Waals surface area contributed by atoms with Crippen molar-refractivity contribution < 1.29 is 9.59 Å². The smallest absolute Gasteiger partial charge is 0.312 e. The van der Waals surface area contributed by atoms with Gasteiger partial charge < -0.3 is 16.4 Å². The molecule has 0 aliphatic rings. The van der Waals surface area contributed by atoms with Crippen LogP contribution in [0.5, 0.6) is 0 Å². The van der Waals surface area contributed by atoms with Gasteiger partial charge >= 0.3 is 6.03 Å². The Morgan fingerprint density at radius 3 is 2.04 bits per heavy atom. The van der Waals surface area contributed by atoms with E-state index in [4.69, 9.17) is 5.73 Å². The number of carbonyl (C=O) groups is 2. The molecular weight excluding hydrogens is 326 g/mol. The number of amides is 3. The molecular formula is C21H27N3O2. The third-order valence-electron chi connectivity index (χ3n) is 4.15. The molecule has 0 fully saturated rings.